The minimum absolute atomic E-state index is 0.0628. The third-order valence-corrected chi connectivity index (χ3v) is 3.09. The number of amides is 1. The number of phenols is 1. The zero-order valence-corrected chi connectivity index (χ0v) is 12.7. The van der Waals surface area contributed by atoms with Crippen molar-refractivity contribution in [3.63, 3.8) is 0 Å². The second kappa shape index (κ2) is 8.49. The van der Waals surface area contributed by atoms with E-state index in [2.05, 4.69) is 4.74 Å². The third kappa shape index (κ3) is 5.24. The molecule has 116 valence electrons. The topological polar surface area (TPSA) is 76.1 Å². The van der Waals surface area contributed by atoms with Gasteiger partial charge in [0.2, 0.25) is 0 Å². The maximum Gasteiger partial charge on any atom is 0.307 e. The van der Waals surface area contributed by atoms with Gasteiger partial charge < -0.3 is 19.5 Å². The van der Waals surface area contributed by atoms with Crippen LogP contribution in [0, 0.1) is 0 Å². The SMILES string of the molecule is COCCN(CCC(=O)OC)C(=O)c1cc(Cl)ccc1O. The van der Waals surface area contributed by atoms with Gasteiger partial charge in [0, 0.05) is 25.2 Å². The highest BCUT2D eigenvalue weighted by Gasteiger charge is 2.20. The van der Waals surface area contributed by atoms with Gasteiger partial charge in [-0.15, -0.1) is 0 Å². The van der Waals surface area contributed by atoms with Gasteiger partial charge in [-0.1, -0.05) is 11.6 Å². The Morgan fingerprint density at radius 1 is 1.29 bits per heavy atom. The fourth-order valence-corrected chi connectivity index (χ4v) is 1.87. The Bertz CT molecular complexity index is 506. The molecular weight excluding hydrogens is 298 g/mol. The molecule has 21 heavy (non-hydrogen) atoms. The first-order chi connectivity index (χ1) is 9.99. The van der Waals surface area contributed by atoms with E-state index in [4.69, 9.17) is 16.3 Å². The Hall–Kier alpha value is -1.79. The van der Waals surface area contributed by atoms with Crippen LogP contribution in [-0.4, -0.2) is 55.8 Å². The maximum absolute atomic E-state index is 12.4. The summed E-state index contributed by atoms with van der Waals surface area (Å²) in [7, 11) is 2.80. The zero-order chi connectivity index (χ0) is 15.8. The standard InChI is InChI=1S/C14H18ClNO5/c1-20-8-7-16(6-5-13(18)21-2)14(19)11-9-10(15)3-4-12(11)17/h3-4,9,17H,5-8H2,1-2H3. The van der Waals surface area contributed by atoms with Crippen LogP contribution < -0.4 is 0 Å². The van der Waals surface area contributed by atoms with Crippen molar-refractivity contribution in [3.8, 4) is 5.75 Å². The number of nitrogens with zero attached hydrogens (tertiary/aromatic N) is 1. The molecule has 0 fully saturated rings. The molecule has 0 aliphatic carbocycles. The molecule has 1 N–H and O–H groups in total. The molecule has 0 radical (unpaired) electrons. The normalized spacial score (nSPS) is 10.2. The van der Waals surface area contributed by atoms with Crippen LogP contribution in [0.25, 0.3) is 0 Å². The molecule has 0 saturated carbocycles. The summed E-state index contributed by atoms with van der Waals surface area (Å²) >= 11 is 5.84. The van der Waals surface area contributed by atoms with Crippen LogP contribution in [0.4, 0.5) is 0 Å². The summed E-state index contributed by atoms with van der Waals surface area (Å²) in [6, 6.07) is 4.23. The van der Waals surface area contributed by atoms with E-state index < -0.39 is 11.9 Å². The van der Waals surface area contributed by atoms with E-state index in [0.717, 1.165) is 0 Å². The zero-order valence-electron chi connectivity index (χ0n) is 12.0. The van der Waals surface area contributed by atoms with Gasteiger partial charge in [-0.2, -0.15) is 0 Å². The summed E-state index contributed by atoms with van der Waals surface area (Å²) in [4.78, 5) is 25.0. The van der Waals surface area contributed by atoms with E-state index >= 15 is 0 Å². The predicted octanol–water partition coefficient (Wildman–Crippen LogP) is 1.70. The number of benzene rings is 1. The molecule has 6 nitrogen and oxygen atoms in total. The van der Waals surface area contributed by atoms with Gasteiger partial charge in [0.15, 0.2) is 0 Å². The lowest BCUT2D eigenvalue weighted by Gasteiger charge is -2.22. The van der Waals surface area contributed by atoms with Crippen LogP contribution >= 0.6 is 11.6 Å². The summed E-state index contributed by atoms with van der Waals surface area (Å²) in [6.07, 6.45) is 0.0628. The lowest BCUT2D eigenvalue weighted by molar-refractivity contribution is -0.140. The van der Waals surface area contributed by atoms with Crippen molar-refractivity contribution in [1.82, 2.24) is 4.90 Å². The number of ether oxygens (including phenoxy) is 2. The van der Waals surface area contributed by atoms with Crippen molar-refractivity contribution < 1.29 is 24.2 Å². The lowest BCUT2D eigenvalue weighted by atomic mass is 10.1. The number of phenolic OH excluding ortho intramolecular Hbond substituents is 1. The minimum Gasteiger partial charge on any atom is -0.507 e. The highest BCUT2D eigenvalue weighted by atomic mass is 35.5. The number of halogens is 1. The Kier molecular flexibility index (Phi) is 6.98. The van der Waals surface area contributed by atoms with Crippen molar-refractivity contribution in [2.24, 2.45) is 0 Å². The van der Waals surface area contributed by atoms with Crippen LogP contribution in [0.5, 0.6) is 5.75 Å². The van der Waals surface area contributed by atoms with Gasteiger partial charge in [0.1, 0.15) is 5.75 Å². The molecule has 0 spiro atoms. The molecule has 7 heteroatoms. The number of carbonyl (C=O) groups is 2. The van der Waals surface area contributed by atoms with Crippen molar-refractivity contribution in [1.29, 1.82) is 0 Å². The first-order valence-corrected chi connectivity index (χ1v) is 6.71. The van der Waals surface area contributed by atoms with Gasteiger partial charge in [-0.25, -0.2) is 0 Å². The minimum atomic E-state index is -0.420. The molecule has 0 aliphatic heterocycles. The van der Waals surface area contributed by atoms with Crippen molar-refractivity contribution in [2.45, 2.75) is 6.42 Å². The fourth-order valence-electron chi connectivity index (χ4n) is 1.69. The molecule has 0 bridgehead atoms. The maximum atomic E-state index is 12.4. The van der Waals surface area contributed by atoms with Crippen molar-refractivity contribution in [2.75, 3.05) is 33.9 Å². The number of hydrogen-bond acceptors (Lipinski definition) is 5. The number of carbonyl (C=O) groups excluding carboxylic acids is 2. The van der Waals surface area contributed by atoms with E-state index in [1.54, 1.807) is 0 Å². The molecule has 0 aromatic heterocycles. The summed E-state index contributed by atoms with van der Waals surface area (Å²) in [6.45, 7) is 0.771. The number of aromatic hydroxyl groups is 1. The van der Waals surface area contributed by atoms with E-state index in [-0.39, 0.29) is 30.8 Å². The Balaban J connectivity index is 2.87. The monoisotopic (exact) mass is 315 g/mol. The average molecular weight is 316 g/mol. The molecule has 1 aromatic carbocycles. The quantitative estimate of drug-likeness (QED) is 0.775. The highest BCUT2D eigenvalue weighted by Crippen LogP contribution is 2.23. The molecule has 0 saturated heterocycles. The van der Waals surface area contributed by atoms with Crippen molar-refractivity contribution >= 4 is 23.5 Å². The molecular formula is C14H18ClNO5. The second-order valence-corrected chi connectivity index (χ2v) is 4.71. The molecule has 1 aromatic rings. The molecule has 1 rings (SSSR count). The predicted molar refractivity (Wildman–Crippen MR) is 77.5 cm³/mol. The molecule has 0 aliphatic rings. The van der Waals surface area contributed by atoms with E-state index in [1.165, 1.54) is 37.3 Å². The third-order valence-electron chi connectivity index (χ3n) is 2.86. The number of rotatable bonds is 7. The Morgan fingerprint density at radius 3 is 2.62 bits per heavy atom. The number of esters is 1. The van der Waals surface area contributed by atoms with E-state index in [0.29, 0.717) is 11.6 Å². The summed E-state index contributed by atoms with van der Waals surface area (Å²) < 4.78 is 9.50. The fraction of sp³-hybridized carbons (Fsp3) is 0.429. The van der Waals surface area contributed by atoms with E-state index in [1.807, 2.05) is 0 Å². The highest BCUT2D eigenvalue weighted by molar-refractivity contribution is 6.31. The van der Waals surface area contributed by atoms with Crippen LogP contribution in [0.1, 0.15) is 16.8 Å². The van der Waals surface area contributed by atoms with Crippen molar-refractivity contribution in [3.05, 3.63) is 28.8 Å². The van der Waals surface area contributed by atoms with Crippen LogP contribution in [0.15, 0.2) is 18.2 Å². The van der Waals surface area contributed by atoms with Crippen LogP contribution in [0.3, 0.4) is 0 Å². The smallest absolute Gasteiger partial charge is 0.307 e. The van der Waals surface area contributed by atoms with Gasteiger partial charge in [0.05, 0.1) is 25.7 Å². The lowest BCUT2D eigenvalue weighted by Crippen LogP contribution is -2.35. The van der Waals surface area contributed by atoms with Gasteiger partial charge in [0.25, 0.3) is 5.91 Å². The number of methoxy groups -OCH3 is 2. The molecule has 0 atom stereocenters. The van der Waals surface area contributed by atoms with Gasteiger partial charge in [-0.05, 0) is 18.2 Å². The molecule has 0 heterocycles. The number of hydrogen-bond donors (Lipinski definition) is 1. The summed E-state index contributed by atoms with van der Waals surface area (Å²) in [5, 5.41) is 10.1. The summed E-state index contributed by atoms with van der Waals surface area (Å²) in [5.74, 6) is -0.999. The van der Waals surface area contributed by atoms with Gasteiger partial charge >= 0.3 is 5.97 Å². The molecule has 1 amide bonds. The Labute approximate surface area is 128 Å². The first-order valence-electron chi connectivity index (χ1n) is 6.33. The average Bonchev–Trinajstić information content (AvgIpc) is 2.48. The van der Waals surface area contributed by atoms with Gasteiger partial charge in [-0.3, -0.25) is 9.59 Å². The molecule has 0 unspecified atom stereocenters. The first kappa shape index (κ1) is 17.3. The largest absolute Gasteiger partial charge is 0.507 e. The second-order valence-electron chi connectivity index (χ2n) is 4.27. The summed E-state index contributed by atoms with van der Waals surface area (Å²) in [5.41, 5.74) is 0.0865. The Morgan fingerprint density at radius 2 is 2.00 bits per heavy atom. The van der Waals surface area contributed by atoms with Crippen LogP contribution in [-0.2, 0) is 14.3 Å². The van der Waals surface area contributed by atoms with E-state index in [9.17, 15) is 14.7 Å². The van der Waals surface area contributed by atoms with Crippen LogP contribution in [0.2, 0.25) is 5.02 Å².